The number of alkyl halides is 5. The molecule has 13 heteroatoms. The molecule has 7 unspecified atom stereocenters. The van der Waals surface area contributed by atoms with Gasteiger partial charge in [0.2, 0.25) is 0 Å². The average molecular weight is 575 g/mol. The van der Waals surface area contributed by atoms with Gasteiger partial charge in [0, 0.05) is 17.9 Å². The van der Waals surface area contributed by atoms with Gasteiger partial charge in [-0.05, 0) is 67.7 Å². The number of halogens is 5. The number of aliphatic hydroxyl groups is 2. The molecule has 2 N–H and O–H groups in total. The molecule has 1 saturated carbocycles. The Morgan fingerprint density at radius 3 is 1.97 bits per heavy atom. The number of carbonyl (C=O) groups is 1. The second-order valence-electron chi connectivity index (χ2n) is 12.8. The minimum absolute atomic E-state index is 0.0502. The van der Waals surface area contributed by atoms with Gasteiger partial charge in [0.15, 0.2) is 11.4 Å². The van der Waals surface area contributed by atoms with Crippen molar-refractivity contribution in [3.8, 4) is 0 Å². The standard InChI is InChI=1S/C26H39F5O8/c1-14(2)18(32)37-16-10-15(17(16)20(5,6)38-21(7)11-23(9,33)35-12-21)19(3,4)39-22(8)13-36-25(34,24(22,27)28)26(29,30)31/h15-17,33-34H,1,10-13H2,2-9H3. The van der Waals surface area contributed by atoms with Crippen LogP contribution in [0.5, 0.6) is 0 Å². The summed E-state index contributed by atoms with van der Waals surface area (Å²) in [5, 5.41) is 20.1. The van der Waals surface area contributed by atoms with Crippen LogP contribution in [0.4, 0.5) is 22.0 Å². The number of rotatable bonds is 8. The fourth-order valence-electron chi connectivity index (χ4n) is 6.28. The van der Waals surface area contributed by atoms with Crippen molar-refractivity contribution in [1.29, 1.82) is 0 Å². The Balaban J connectivity index is 1.91. The van der Waals surface area contributed by atoms with E-state index in [1.807, 2.05) is 0 Å². The van der Waals surface area contributed by atoms with Crippen LogP contribution in [0.2, 0.25) is 0 Å². The smallest absolute Gasteiger partial charge is 0.449 e. The van der Waals surface area contributed by atoms with Crippen molar-refractivity contribution in [2.45, 2.75) is 120 Å². The van der Waals surface area contributed by atoms with Crippen LogP contribution >= 0.6 is 0 Å². The quantitative estimate of drug-likeness (QED) is 0.252. The Kier molecular flexibility index (Phi) is 7.68. The molecule has 8 nitrogen and oxygen atoms in total. The van der Waals surface area contributed by atoms with Crippen molar-refractivity contribution in [1.82, 2.24) is 0 Å². The maximum Gasteiger partial charge on any atom is 0.449 e. The van der Waals surface area contributed by atoms with E-state index in [0.717, 1.165) is 6.92 Å². The molecule has 7 atom stereocenters. The van der Waals surface area contributed by atoms with Crippen LogP contribution in [-0.4, -0.2) is 81.6 Å². The van der Waals surface area contributed by atoms with Crippen LogP contribution in [-0.2, 0) is 28.5 Å². The molecule has 0 radical (unpaired) electrons. The zero-order chi connectivity index (χ0) is 30.3. The van der Waals surface area contributed by atoms with Gasteiger partial charge in [0.25, 0.3) is 0 Å². The van der Waals surface area contributed by atoms with Gasteiger partial charge in [-0.3, -0.25) is 0 Å². The fraction of sp³-hybridized carbons (Fsp3) is 0.885. The Hall–Kier alpha value is -1.38. The first-order chi connectivity index (χ1) is 17.2. The maximum atomic E-state index is 15.2. The first-order valence-electron chi connectivity index (χ1n) is 12.7. The molecule has 1 aliphatic carbocycles. The molecule has 0 aromatic rings. The second kappa shape index (κ2) is 9.32. The summed E-state index contributed by atoms with van der Waals surface area (Å²) in [4.78, 5) is 12.4. The minimum atomic E-state index is -5.78. The number of hydrogen-bond donors (Lipinski definition) is 2. The van der Waals surface area contributed by atoms with Crippen molar-refractivity contribution in [2.75, 3.05) is 13.2 Å². The predicted octanol–water partition coefficient (Wildman–Crippen LogP) is 4.26. The molecule has 0 bridgehead atoms. The summed E-state index contributed by atoms with van der Waals surface area (Å²) in [6.45, 7) is 14.1. The first kappa shape index (κ1) is 32.1. The van der Waals surface area contributed by atoms with Gasteiger partial charge < -0.3 is 33.9 Å². The molecule has 3 rings (SSSR count). The van der Waals surface area contributed by atoms with E-state index in [1.54, 1.807) is 20.8 Å². The molecule has 0 aromatic heterocycles. The normalized spacial score (nSPS) is 40.8. The van der Waals surface area contributed by atoms with Crippen molar-refractivity contribution in [3.63, 3.8) is 0 Å². The van der Waals surface area contributed by atoms with Crippen LogP contribution < -0.4 is 0 Å². The van der Waals surface area contributed by atoms with Gasteiger partial charge >= 0.3 is 23.9 Å². The third-order valence-electron chi connectivity index (χ3n) is 8.04. The molecule has 2 aliphatic heterocycles. The highest BCUT2D eigenvalue weighted by molar-refractivity contribution is 5.87. The Bertz CT molecular complexity index is 995. The summed E-state index contributed by atoms with van der Waals surface area (Å²) in [7, 11) is 0. The molecule has 3 fully saturated rings. The molecule has 0 aromatic carbocycles. The molecule has 2 heterocycles. The fourth-order valence-corrected chi connectivity index (χ4v) is 6.28. The van der Waals surface area contributed by atoms with Crippen LogP contribution in [0, 0.1) is 11.8 Å². The molecular weight excluding hydrogens is 535 g/mol. The van der Waals surface area contributed by atoms with E-state index >= 15 is 8.78 Å². The van der Waals surface area contributed by atoms with E-state index < -0.39 is 76.6 Å². The molecule has 0 amide bonds. The summed E-state index contributed by atoms with van der Waals surface area (Å²) in [6.07, 6.45) is -6.29. The van der Waals surface area contributed by atoms with E-state index in [4.69, 9.17) is 18.9 Å². The van der Waals surface area contributed by atoms with Crippen LogP contribution in [0.1, 0.15) is 68.2 Å². The molecule has 2 saturated heterocycles. The third-order valence-corrected chi connectivity index (χ3v) is 8.04. The summed E-state index contributed by atoms with van der Waals surface area (Å²) < 4.78 is 97.9. The second-order valence-corrected chi connectivity index (χ2v) is 12.8. The van der Waals surface area contributed by atoms with E-state index in [-0.39, 0.29) is 25.0 Å². The maximum absolute atomic E-state index is 15.2. The third kappa shape index (κ3) is 5.46. The predicted molar refractivity (Wildman–Crippen MR) is 127 cm³/mol. The van der Waals surface area contributed by atoms with Crippen LogP contribution in [0.15, 0.2) is 12.2 Å². The van der Waals surface area contributed by atoms with Gasteiger partial charge in [-0.25, -0.2) is 4.79 Å². The van der Waals surface area contributed by atoms with E-state index in [0.29, 0.717) is 0 Å². The monoisotopic (exact) mass is 574 g/mol. The molecule has 0 spiro atoms. The zero-order valence-corrected chi connectivity index (χ0v) is 23.5. The van der Waals surface area contributed by atoms with Crippen LogP contribution in [0.3, 0.4) is 0 Å². The van der Waals surface area contributed by atoms with Crippen LogP contribution in [0.25, 0.3) is 0 Å². The Morgan fingerprint density at radius 2 is 1.54 bits per heavy atom. The Labute approximate surface area is 224 Å². The highest BCUT2D eigenvalue weighted by Gasteiger charge is 2.82. The van der Waals surface area contributed by atoms with Gasteiger partial charge in [0.05, 0.1) is 30.0 Å². The lowest BCUT2D eigenvalue weighted by molar-refractivity contribution is -0.413. The van der Waals surface area contributed by atoms with E-state index in [2.05, 4.69) is 11.3 Å². The molecular formula is C26H39F5O8. The average Bonchev–Trinajstić information content (AvgIpc) is 3.06. The van der Waals surface area contributed by atoms with Gasteiger partial charge in [-0.1, -0.05) is 6.58 Å². The highest BCUT2D eigenvalue weighted by Crippen LogP contribution is 2.58. The van der Waals surface area contributed by atoms with E-state index in [9.17, 15) is 28.2 Å². The largest absolute Gasteiger partial charge is 0.459 e. The highest BCUT2D eigenvalue weighted by atomic mass is 19.4. The molecule has 3 aliphatic rings. The van der Waals surface area contributed by atoms with Crippen molar-refractivity contribution < 1.29 is 60.6 Å². The number of carbonyl (C=O) groups excluding carboxylic acids is 1. The number of esters is 1. The SMILES string of the molecule is C=C(C)C(=O)OC1CC(C(C)(C)OC2(C)COC(O)(C(F)(F)F)C2(F)F)C1C(C)(C)OC1(C)COC(C)(O)C1. The summed E-state index contributed by atoms with van der Waals surface area (Å²) >= 11 is 0. The number of ether oxygens (including phenoxy) is 5. The summed E-state index contributed by atoms with van der Waals surface area (Å²) in [5.74, 6) is -13.0. The van der Waals surface area contributed by atoms with Gasteiger partial charge in [0.1, 0.15) is 6.10 Å². The first-order valence-corrected chi connectivity index (χ1v) is 12.7. The van der Waals surface area contributed by atoms with Crippen molar-refractivity contribution in [3.05, 3.63) is 12.2 Å². The lowest BCUT2D eigenvalue weighted by Gasteiger charge is -2.58. The van der Waals surface area contributed by atoms with Crippen molar-refractivity contribution in [2.24, 2.45) is 11.8 Å². The summed E-state index contributed by atoms with van der Waals surface area (Å²) in [6, 6.07) is 0. The van der Waals surface area contributed by atoms with E-state index in [1.165, 1.54) is 27.7 Å². The lowest BCUT2D eigenvalue weighted by Crippen LogP contribution is -2.67. The van der Waals surface area contributed by atoms with Crippen molar-refractivity contribution >= 4 is 5.97 Å². The molecule has 39 heavy (non-hydrogen) atoms. The topological polar surface area (TPSA) is 104 Å². The zero-order valence-electron chi connectivity index (χ0n) is 23.5. The Morgan fingerprint density at radius 1 is 0.974 bits per heavy atom. The number of hydrogen-bond acceptors (Lipinski definition) is 8. The summed E-state index contributed by atoms with van der Waals surface area (Å²) in [5.41, 5.74) is -6.32. The van der Waals surface area contributed by atoms with Gasteiger partial charge in [-0.2, -0.15) is 22.0 Å². The molecule has 226 valence electrons. The minimum Gasteiger partial charge on any atom is -0.459 e. The lowest BCUT2D eigenvalue weighted by atomic mass is 9.57. The van der Waals surface area contributed by atoms with Gasteiger partial charge in [-0.15, -0.1) is 0 Å².